The summed E-state index contributed by atoms with van der Waals surface area (Å²) < 4.78 is 12.2. The summed E-state index contributed by atoms with van der Waals surface area (Å²) in [6.07, 6.45) is 6.12. The fraction of sp³-hybridized carbons (Fsp3) is 0.304. The topological polar surface area (TPSA) is 95.3 Å². The summed E-state index contributed by atoms with van der Waals surface area (Å²) in [5, 5.41) is 3.49. The highest BCUT2D eigenvalue weighted by Gasteiger charge is 2.22. The number of nitrogens with zero attached hydrogens (tertiary/aromatic N) is 3. The predicted octanol–water partition coefficient (Wildman–Crippen LogP) is 2.92. The number of carbonyl (C=O) groups excluding carboxylic acids is 1. The van der Waals surface area contributed by atoms with E-state index in [1.165, 1.54) is 11.8 Å². The first-order chi connectivity index (χ1) is 15.6. The smallest absolute Gasteiger partial charge is 0.349 e. The number of thioether (sulfide) groups is 1. The zero-order valence-corrected chi connectivity index (χ0v) is 18.8. The number of aromatic nitrogens is 3. The molecule has 1 N–H and O–H groups in total. The van der Waals surface area contributed by atoms with Gasteiger partial charge >= 0.3 is 5.69 Å². The molecule has 0 atom stereocenters. The molecule has 0 bridgehead atoms. The minimum Gasteiger partial charge on any atom is -0.497 e. The predicted molar refractivity (Wildman–Crippen MR) is 123 cm³/mol. The van der Waals surface area contributed by atoms with E-state index in [-0.39, 0.29) is 17.3 Å². The third kappa shape index (κ3) is 4.94. The standard InChI is InChI=1S/C23H24N4O4S/c1-30-17-9-16(10-18(11-17)31-2)25-21(28)14-32-22-19-6-3-7-20(19)27(23(29)26-22)13-15-5-4-8-24-12-15/h4-5,8-12H,3,6-7,13-14H2,1-2H3,(H,25,28). The molecule has 9 heteroatoms. The first kappa shape index (κ1) is 21.9. The molecule has 0 saturated heterocycles. The molecular weight excluding hydrogens is 428 g/mol. The van der Waals surface area contributed by atoms with Crippen molar-refractivity contribution in [2.75, 3.05) is 25.3 Å². The molecule has 8 nitrogen and oxygen atoms in total. The number of pyridine rings is 1. The van der Waals surface area contributed by atoms with Crippen LogP contribution in [0.25, 0.3) is 0 Å². The van der Waals surface area contributed by atoms with Gasteiger partial charge in [0.05, 0.1) is 26.5 Å². The van der Waals surface area contributed by atoms with Gasteiger partial charge < -0.3 is 14.8 Å². The van der Waals surface area contributed by atoms with Crippen molar-refractivity contribution >= 4 is 23.4 Å². The van der Waals surface area contributed by atoms with E-state index in [2.05, 4.69) is 15.3 Å². The van der Waals surface area contributed by atoms with Gasteiger partial charge in [0.15, 0.2) is 0 Å². The van der Waals surface area contributed by atoms with Crippen LogP contribution >= 0.6 is 11.8 Å². The summed E-state index contributed by atoms with van der Waals surface area (Å²) in [5.74, 6) is 1.12. The van der Waals surface area contributed by atoms with E-state index >= 15 is 0 Å². The van der Waals surface area contributed by atoms with Gasteiger partial charge in [-0.25, -0.2) is 4.79 Å². The molecule has 0 aliphatic heterocycles. The second kappa shape index (κ2) is 9.86. The molecule has 2 heterocycles. The normalized spacial score (nSPS) is 12.3. The lowest BCUT2D eigenvalue weighted by atomic mass is 10.2. The van der Waals surface area contributed by atoms with Gasteiger partial charge in [-0.2, -0.15) is 4.98 Å². The van der Waals surface area contributed by atoms with Crippen LogP contribution in [0.1, 0.15) is 23.2 Å². The molecule has 32 heavy (non-hydrogen) atoms. The number of rotatable bonds is 8. The van der Waals surface area contributed by atoms with Gasteiger partial charge in [0.1, 0.15) is 16.5 Å². The van der Waals surface area contributed by atoms with Gasteiger partial charge in [0, 0.05) is 47.5 Å². The number of anilines is 1. The van der Waals surface area contributed by atoms with Crippen LogP contribution < -0.4 is 20.5 Å². The van der Waals surface area contributed by atoms with E-state index in [1.54, 1.807) is 49.4 Å². The number of methoxy groups -OCH3 is 2. The molecule has 2 aromatic heterocycles. The fourth-order valence-electron chi connectivity index (χ4n) is 3.75. The summed E-state index contributed by atoms with van der Waals surface area (Å²) in [5.41, 5.74) is 3.31. The largest absolute Gasteiger partial charge is 0.497 e. The van der Waals surface area contributed by atoms with Crippen LogP contribution in [-0.2, 0) is 24.2 Å². The van der Waals surface area contributed by atoms with Gasteiger partial charge in [-0.3, -0.25) is 14.3 Å². The summed E-state index contributed by atoms with van der Waals surface area (Å²) in [7, 11) is 3.11. The van der Waals surface area contributed by atoms with E-state index in [0.717, 1.165) is 36.1 Å². The van der Waals surface area contributed by atoms with E-state index in [9.17, 15) is 9.59 Å². The van der Waals surface area contributed by atoms with Crippen LogP contribution in [0.3, 0.4) is 0 Å². The van der Waals surface area contributed by atoms with Gasteiger partial charge in [-0.1, -0.05) is 17.8 Å². The van der Waals surface area contributed by atoms with Crippen LogP contribution in [0.15, 0.2) is 52.5 Å². The Morgan fingerprint density at radius 2 is 1.97 bits per heavy atom. The Labute approximate surface area is 190 Å². The van der Waals surface area contributed by atoms with Crippen molar-refractivity contribution in [3.8, 4) is 11.5 Å². The SMILES string of the molecule is COc1cc(NC(=O)CSc2nc(=O)n(Cc3cccnc3)c3c2CCC3)cc(OC)c1. The third-order valence-electron chi connectivity index (χ3n) is 5.24. The first-order valence-corrected chi connectivity index (χ1v) is 11.2. The maximum atomic E-state index is 12.8. The molecule has 1 aromatic carbocycles. The Morgan fingerprint density at radius 3 is 2.66 bits per heavy atom. The van der Waals surface area contributed by atoms with Gasteiger partial charge in [-0.15, -0.1) is 0 Å². The second-order valence-electron chi connectivity index (χ2n) is 7.36. The lowest BCUT2D eigenvalue weighted by molar-refractivity contribution is -0.113. The zero-order valence-electron chi connectivity index (χ0n) is 18.0. The van der Waals surface area contributed by atoms with Crippen LogP contribution in [0.2, 0.25) is 0 Å². The molecule has 4 rings (SSSR count). The second-order valence-corrected chi connectivity index (χ2v) is 8.33. The molecule has 0 unspecified atom stereocenters. The lowest BCUT2D eigenvalue weighted by Crippen LogP contribution is -2.28. The number of hydrogen-bond acceptors (Lipinski definition) is 7. The molecule has 1 aliphatic rings. The Morgan fingerprint density at radius 1 is 1.19 bits per heavy atom. The van der Waals surface area contributed by atoms with Crippen LogP contribution in [-0.4, -0.2) is 40.4 Å². The first-order valence-electron chi connectivity index (χ1n) is 10.2. The molecule has 3 aromatic rings. The Bertz CT molecular complexity index is 1160. The summed E-state index contributed by atoms with van der Waals surface area (Å²) >= 11 is 1.29. The van der Waals surface area contributed by atoms with E-state index in [4.69, 9.17) is 9.47 Å². The highest BCUT2D eigenvalue weighted by atomic mass is 32.2. The van der Waals surface area contributed by atoms with Crippen molar-refractivity contribution in [3.05, 3.63) is 70.0 Å². The quantitative estimate of drug-likeness (QED) is 0.415. The van der Waals surface area contributed by atoms with Crippen molar-refractivity contribution in [2.24, 2.45) is 0 Å². The molecule has 1 aliphatic carbocycles. The van der Waals surface area contributed by atoms with E-state index in [1.807, 2.05) is 12.1 Å². The van der Waals surface area contributed by atoms with Gasteiger partial charge in [0.25, 0.3) is 0 Å². The summed E-state index contributed by atoms with van der Waals surface area (Å²) in [6.45, 7) is 0.450. The summed E-state index contributed by atoms with van der Waals surface area (Å²) in [6, 6.07) is 8.98. The number of benzene rings is 1. The maximum absolute atomic E-state index is 12.8. The molecule has 0 fully saturated rings. The van der Waals surface area contributed by atoms with E-state index in [0.29, 0.717) is 28.8 Å². The molecule has 1 amide bonds. The average Bonchev–Trinajstić information content (AvgIpc) is 3.30. The zero-order chi connectivity index (χ0) is 22.5. The van der Waals surface area contributed by atoms with Crippen LogP contribution in [0, 0.1) is 0 Å². The number of nitrogens with one attached hydrogen (secondary N) is 1. The highest BCUT2D eigenvalue weighted by Crippen LogP contribution is 2.30. The number of amides is 1. The lowest BCUT2D eigenvalue weighted by Gasteiger charge is -2.14. The fourth-order valence-corrected chi connectivity index (χ4v) is 4.63. The minimum atomic E-state index is -0.296. The number of ether oxygens (including phenoxy) is 2. The third-order valence-corrected chi connectivity index (χ3v) is 6.26. The maximum Gasteiger partial charge on any atom is 0.349 e. The molecule has 0 spiro atoms. The van der Waals surface area contributed by atoms with Crippen molar-refractivity contribution in [1.29, 1.82) is 0 Å². The van der Waals surface area contributed by atoms with Crippen LogP contribution in [0.5, 0.6) is 11.5 Å². The van der Waals surface area contributed by atoms with E-state index < -0.39 is 0 Å². The molecule has 0 radical (unpaired) electrons. The van der Waals surface area contributed by atoms with Crippen molar-refractivity contribution < 1.29 is 14.3 Å². The highest BCUT2D eigenvalue weighted by molar-refractivity contribution is 8.00. The number of fused-ring (bicyclic) bond motifs is 1. The van der Waals surface area contributed by atoms with Gasteiger partial charge in [-0.05, 0) is 30.9 Å². The number of carbonyl (C=O) groups is 1. The Hall–Kier alpha value is -3.33. The van der Waals surface area contributed by atoms with Crippen molar-refractivity contribution in [2.45, 2.75) is 30.8 Å². The molecular formula is C23H24N4O4S. The number of hydrogen-bond donors (Lipinski definition) is 1. The monoisotopic (exact) mass is 452 g/mol. The van der Waals surface area contributed by atoms with Crippen molar-refractivity contribution in [3.63, 3.8) is 0 Å². The molecule has 166 valence electrons. The average molecular weight is 453 g/mol. The van der Waals surface area contributed by atoms with Crippen molar-refractivity contribution in [1.82, 2.24) is 14.5 Å². The minimum absolute atomic E-state index is 0.144. The summed E-state index contributed by atoms with van der Waals surface area (Å²) in [4.78, 5) is 33.7. The molecule has 0 saturated carbocycles. The van der Waals surface area contributed by atoms with Crippen LogP contribution in [0.4, 0.5) is 5.69 Å². The Balaban J connectivity index is 1.48. The van der Waals surface area contributed by atoms with Gasteiger partial charge in [0.2, 0.25) is 5.91 Å². The Kier molecular flexibility index (Phi) is 6.75.